The quantitative estimate of drug-likeness (QED) is 0.297. The largest absolute Gasteiger partial charge is 0 e. The first-order chi connectivity index (χ1) is 2.56. The zero-order valence-electron chi connectivity index (χ0n) is 3.11. The predicted molar refractivity (Wildman–Crippen MR) is 38.8 cm³/mol. The Balaban J connectivity index is -0.0000000208. The molecule has 0 bridgehead atoms. The Morgan fingerprint density at radius 2 is 1.50 bits per heavy atom. The van der Waals surface area contributed by atoms with Gasteiger partial charge in [0.05, 0.1) is 0 Å². The Bertz CT molecular complexity index is 89.3. The van der Waals surface area contributed by atoms with E-state index < -0.39 is 7.82 Å². The maximum absolute atomic E-state index is 9.50. The van der Waals surface area contributed by atoms with Crippen molar-refractivity contribution in [2.24, 2.45) is 0 Å². The summed E-state index contributed by atoms with van der Waals surface area (Å²) in [4.78, 5) is 15.5. The normalized spacial score (nSPS) is 7.00. The summed E-state index contributed by atoms with van der Waals surface area (Å²) in [5.74, 6) is 0. The summed E-state index contributed by atoms with van der Waals surface area (Å²) in [5.41, 5.74) is 0. The summed E-state index contributed by atoms with van der Waals surface area (Å²) >= 11 is 0.257. The molecular weight excluding hydrogens is 489 g/mol. The second-order valence-corrected chi connectivity index (χ2v) is 3.48. The third-order valence-corrected chi connectivity index (χ3v) is 2.61. The van der Waals surface area contributed by atoms with Gasteiger partial charge in [0.2, 0.25) is 0 Å². The Hall–Kier alpha value is 4.34. The van der Waals surface area contributed by atoms with Gasteiger partial charge >= 0.3 is 111 Å². The Kier molecular flexibility index (Phi) is 46.2. The first-order valence-electron chi connectivity index (χ1n) is 0.948. The van der Waals surface area contributed by atoms with Crippen LogP contribution in [-0.2, 0) is 55.3 Å². The Labute approximate surface area is 151 Å². The van der Waals surface area contributed by atoms with Crippen LogP contribution in [0, 0.1) is 0 Å². The van der Waals surface area contributed by atoms with Gasteiger partial charge in [0.1, 0.15) is 0 Å². The zero-order chi connectivity index (χ0) is 5.21. The molecule has 0 saturated heterocycles. The van der Waals surface area contributed by atoms with Crippen LogP contribution in [0.4, 0.5) is 0 Å². The molecule has 0 atom stereocenters. The van der Waals surface area contributed by atoms with Crippen LogP contribution in [0.15, 0.2) is 0 Å². The van der Waals surface area contributed by atoms with Gasteiger partial charge in [-0.1, -0.05) is 0 Å². The van der Waals surface area contributed by atoms with Gasteiger partial charge in [0.25, 0.3) is 0 Å². The van der Waals surface area contributed by atoms with Crippen molar-refractivity contribution in [3.05, 3.63) is 0 Å². The fourth-order valence-corrected chi connectivity index (χ4v) is 0. The van der Waals surface area contributed by atoms with E-state index in [1.54, 1.807) is 0 Å². The van der Waals surface area contributed by atoms with Crippen molar-refractivity contribution in [2.75, 3.05) is 0 Å². The van der Waals surface area contributed by atoms with Crippen LogP contribution in [-0.4, -0.2) is 91.5 Å². The zero-order valence-corrected chi connectivity index (χ0v) is 9.67. The minimum absolute atomic E-state index is 0. The molecule has 0 amide bonds. The van der Waals surface area contributed by atoms with Crippen LogP contribution in [0.3, 0.4) is 0 Å². The van der Waals surface area contributed by atoms with E-state index in [0.717, 1.165) is 0 Å². The monoisotopic (exact) mass is 496 g/mol. The third-order valence-electron chi connectivity index (χ3n) is 0.106. The summed E-state index contributed by atoms with van der Waals surface area (Å²) in [7, 11) is -4.10. The number of hydrogen-bond donors (Lipinski definition) is 2. The van der Waals surface area contributed by atoms with E-state index in [1.807, 2.05) is 0 Å². The van der Waals surface area contributed by atoms with Gasteiger partial charge in [0.15, 0.2) is 17.4 Å². The minimum Gasteiger partial charge on any atom is 0 e. The van der Waals surface area contributed by atoms with E-state index in [-0.39, 0.29) is 129 Å². The van der Waals surface area contributed by atoms with Crippen molar-refractivity contribution in [2.45, 2.75) is 0 Å². The average Bonchev–Trinajstić information content (AvgIpc) is 1.35. The first kappa shape index (κ1) is 29.3. The van der Waals surface area contributed by atoms with Crippen LogP contribution >= 0.6 is 7.82 Å². The van der Waals surface area contributed by atoms with E-state index in [1.165, 1.54) is 0 Å². The number of hydrogen-bond acceptors (Lipinski definition) is 2. The average molecular weight is 497 g/mol. The molecule has 0 fully saturated rings. The van der Waals surface area contributed by atoms with Crippen LogP contribution in [0.2, 0.25) is 0 Å². The number of phosphoric acid groups is 1. The molecule has 52 valence electrons. The van der Waals surface area contributed by atoms with Gasteiger partial charge < -0.3 is 0 Å². The SMILES string of the molecule is O=P(O)(O)[O][Ta].[AlH3].[LiH].[SrH2].[Zr]. The molecule has 4 nitrogen and oxygen atoms in total. The Morgan fingerprint density at radius 3 is 1.50 bits per heavy atom. The number of rotatable bonds is 1. The summed E-state index contributed by atoms with van der Waals surface area (Å²) in [6.45, 7) is 0. The molecule has 10 heavy (non-hydrogen) atoms. The molecule has 0 radical (unpaired) electrons. The molecule has 0 aromatic carbocycles. The van der Waals surface area contributed by atoms with E-state index in [2.05, 4.69) is 3.03 Å². The van der Waals surface area contributed by atoms with Crippen LogP contribution in [0.5, 0.6) is 0 Å². The molecule has 0 saturated carbocycles. The molecule has 10 heteroatoms. The second kappa shape index (κ2) is 15.8. The van der Waals surface area contributed by atoms with Gasteiger partial charge in [0, 0.05) is 26.2 Å². The minimum atomic E-state index is -4.10. The van der Waals surface area contributed by atoms with Crippen molar-refractivity contribution in [3.8, 4) is 0 Å². The summed E-state index contributed by atoms with van der Waals surface area (Å²) in [6.07, 6.45) is 0. The molecule has 0 heterocycles. The molecule has 0 aliphatic heterocycles. The molecule has 0 unspecified atom stereocenters. The maximum atomic E-state index is 9.50. The summed E-state index contributed by atoms with van der Waals surface area (Å²) < 4.78 is 13.2. The molecule has 0 aliphatic rings. The van der Waals surface area contributed by atoms with Crippen molar-refractivity contribution in [3.63, 3.8) is 0 Å². The van der Waals surface area contributed by atoms with E-state index in [0.29, 0.717) is 0 Å². The van der Waals surface area contributed by atoms with Gasteiger partial charge in [-0.2, -0.15) is 0 Å². The van der Waals surface area contributed by atoms with Crippen LogP contribution < -0.4 is 0 Å². The smallest absolute Gasteiger partial charge is 0 e. The second-order valence-electron chi connectivity index (χ2n) is 0.572. The van der Waals surface area contributed by atoms with Gasteiger partial charge in [-0.15, -0.1) is 0 Å². The van der Waals surface area contributed by atoms with E-state index in [9.17, 15) is 4.57 Å². The van der Waals surface area contributed by atoms with E-state index >= 15 is 0 Å². The van der Waals surface area contributed by atoms with Crippen LogP contribution in [0.25, 0.3) is 0 Å². The molecule has 2 N–H and O–H groups in total. The summed E-state index contributed by atoms with van der Waals surface area (Å²) in [5, 5.41) is 0. The topological polar surface area (TPSA) is 66.8 Å². The Morgan fingerprint density at radius 1 is 1.40 bits per heavy atom. The molecule has 0 rings (SSSR count). The fourth-order valence-electron chi connectivity index (χ4n) is 0. The molecular formula is H8AlLiO4PSrTaZr. The molecule has 0 aromatic rings. The third kappa shape index (κ3) is 29.5. The maximum Gasteiger partial charge on any atom is 0 e. The first-order valence-corrected chi connectivity index (χ1v) is 3.79. The summed E-state index contributed by atoms with van der Waals surface area (Å²) in [6, 6.07) is 0. The van der Waals surface area contributed by atoms with Gasteiger partial charge in [-0.25, -0.2) is 0 Å². The molecule has 0 aliphatic carbocycles. The predicted octanol–water partition coefficient (Wildman–Crippen LogP) is -3.19. The van der Waals surface area contributed by atoms with Gasteiger partial charge in [-0.3, -0.25) is 0 Å². The van der Waals surface area contributed by atoms with Gasteiger partial charge in [-0.05, 0) is 0 Å². The van der Waals surface area contributed by atoms with Crippen molar-refractivity contribution >= 4 is 89.5 Å². The molecule has 0 aromatic heterocycles. The van der Waals surface area contributed by atoms with Crippen molar-refractivity contribution in [1.82, 2.24) is 0 Å². The standard InChI is InChI=1S/Al.Li.H3O4P.Sr.Ta.Zr.6H/c;;1-5(2,3)4;;;;;;;;;/h;;(H3,1,2,3,4);;;;;;;;;/q;;;;+1;;;;;;;/p-1. The van der Waals surface area contributed by atoms with Crippen LogP contribution in [0.1, 0.15) is 0 Å². The van der Waals surface area contributed by atoms with Crippen molar-refractivity contribution < 1.29 is 65.1 Å². The molecule has 0 spiro atoms. The van der Waals surface area contributed by atoms with E-state index in [4.69, 9.17) is 9.79 Å². The van der Waals surface area contributed by atoms with Crippen molar-refractivity contribution in [1.29, 1.82) is 0 Å². The fraction of sp³-hybridized carbons (Fsp3) is 0.